The molecule has 2 aromatic carbocycles. The van der Waals surface area contributed by atoms with Crippen LogP contribution in [0.1, 0.15) is 27.5 Å². The average Bonchev–Trinajstić information content (AvgIpc) is 2.66. The molecule has 8 nitrogen and oxygen atoms in total. The molecule has 0 aliphatic carbocycles. The summed E-state index contributed by atoms with van der Waals surface area (Å²) in [6.45, 7) is 1.51. The van der Waals surface area contributed by atoms with Crippen molar-refractivity contribution in [2.24, 2.45) is 0 Å². The first-order chi connectivity index (χ1) is 13.7. The van der Waals surface area contributed by atoms with E-state index in [9.17, 15) is 24.1 Å². The Morgan fingerprint density at radius 3 is 2.52 bits per heavy atom. The molecule has 9 heteroatoms. The highest BCUT2D eigenvalue weighted by atomic mass is 19.1. The number of hydrogen-bond donors (Lipinski definition) is 2. The summed E-state index contributed by atoms with van der Waals surface area (Å²) in [5.74, 6) is -1.37. The van der Waals surface area contributed by atoms with Gasteiger partial charge in [-0.3, -0.25) is 19.7 Å². The molecule has 1 unspecified atom stereocenters. The summed E-state index contributed by atoms with van der Waals surface area (Å²) in [7, 11) is 3.63. The normalized spacial score (nSPS) is 11.8. The molecule has 0 heterocycles. The molecule has 0 saturated carbocycles. The summed E-state index contributed by atoms with van der Waals surface area (Å²) in [6, 6.07) is 9.99. The highest BCUT2D eigenvalue weighted by Crippen LogP contribution is 2.19. The third kappa shape index (κ3) is 6.08. The van der Waals surface area contributed by atoms with Crippen molar-refractivity contribution in [3.05, 3.63) is 75.1 Å². The monoisotopic (exact) mass is 402 g/mol. The lowest BCUT2D eigenvalue weighted by Crippen LogP contribution is -2.40. The molecule has 0 radical (unpaired) electrons. The minimum atomic E-state index is -0.586. The summed E-state index contributed by atoms with van der Waals surface area (Å²) < 4.78 is 13.5. The molecule has 2 amide bonds. The van der Waals surface area contributed by atoms with Crippen molar-refractivity contribution in [3.8, 4) is 0 Å². The predicted molar refractivity (Wildman–Crippen MR) is 106 cm³/mol. The number of amides is 2. The van der Waals surface area contributed by atoms with Gasteiger partial charge in [0.2, 0.25) is 5.91 Å². The molecule has 154 valence electrons. The quantitative estimate of drug-likeness (QED) is 0.520. The van der Waals surface area contributed by atoms with Gasteiger partial charge in [0, 0.05) is 23.7 Å². The van der Waals surface area contributed by atoms with E-state index in [0.29, 0.717) is 11.1 Å². The fraction of sp³-hybridized carbons (Fsp3) is 0.300. The molecule has 0 spiro atoms. The van der Waals surface area contributed by atoms with Gasteiger partial charge < -0.3 is 15.5 Å². The Morgan fingerprint density at radius 2 is 1.90 bits per heavy atom. The Labute approximate surface area is 167 Å². The topological polar surface area (TPSA) is 105 Å². The third-order valence-corrected chi connectivity index (χ3v) is 4.43. The second kappa shape index (κ2) is 9.74. The summed E-state index contributed by atoms with van der Waals surface area (Å²) in [4.78, 5) is 36.6. The van der Waals surface area contributed by atoms with Crippen LogP contribution in [0.25, 0.3) is 0 Å². The number of benzene rings is 2. The lowest BCUT2D eigenvalue weighted by Gasteiger charge is -2.25. The van der Waals surface area contributed by atoms with E-state index >= 15 is 0 Å². The van der Waals surface area contributed by atoms with E-state index in [1.54, 1.807) is 19.1 Å². The lowest BCUT2D eigenvalue weighted by atomic mass is 10.1. The Morgan fingerprint density at radius 1 is 1.17 bits per heavy atom. The van der Waals surface area contributed by atoms with Crippen LogP contribution in [0, 0.1) is 22.9 Å². The van der Waals surface area contributed by atoms with Crippen LogP contribution in [0.2, 0.25) is 0 Å². The number of hydrogen-bond acceptors (Lipinski definition) is 5. The Balaban J connectivity index is 1.93. The predicted octanol–water partition coefficient (Wildman–Crippen LogP) is 2.19. The Kier molecular flexibility index (Phi) is 7.38. The second-order valence-corrected chi connectivity index (χ2v) is 6.78. The first-order valence-electron chi connectivity index (χ1n) is 8.91. The molecule has 0 aliphatic rings. The van der Waals surface area contributed by atoms with Crippen molar-refractivity contribution in [1.29, 1.82) is 0 Å². The first-order valence-corrected chi connectivity index (χ1v) is 8.91. The van der Waals surface area contributed by atoms with Crippen molar-refractivity contribution in [1.82, 2.24) is 15.5 Å². The zero-order valence-electron chi connectivity index (χ0n) is 16.4. The molecular weight excluding hydrogens is 379 g/mol. The molecule has 2 N–H and O–H groups in total. The van der Waals surface area contributed by atoms with Crippen LogP contribution in [0.15, 0.2) is 42.5 Å². The Bertz CT molecular complexity index is 917. The van der Waals surface area contributed by atoms with E-state index in [0.717, 1.165) is 0 Å². The van der Waals surface area contributed by atoms with Gasteiger partial charge in [0.1, 0.15) is 5.82 Å². The lowest BCUT2D eigenvalue weighted by molar-refractivity contribution is -0.385. The van der Waals surface area contributed by atoms with Crippen LogP contribution in [0.3, 0.4) is 0 Å². The van der Waals surface area contributed by atoms with Gasteiger partial charge in [0.25, 0.3) is 11.6 Å². The van der Waals surface area contributed by atoms with Gasteiger partial charge in [-0.1, -0.05) is 18.2 Å². The first kappa shape index (κ1) is 22.0. The number of aryl methyl sites for hydroxylation is 1. The summed E-state index contributed by atoms with van der Waals surface area (Å²) in [5, 5.41) is 16.1. The van der Waals surface area contributed by atoms with Gasteiger partial charge in [0.05, 0.1) is 17.5 Å². The van der Waals surface area contributed by atoms with Crippen LogP contribution in [-0.4, -0.2) is 48.8 Å². The molecule has 2 rings (SSSR count). The average molecular weight is 402 g/mol. The van der Waals surface area contributed by atoms with E-state index < -0.39 is 16.7 Å². The summed E-state index contributed by atoms with van der Waals surface area (Å²) >= 11 is 0. The molecule has 0 saturated heterocycles. The fourth-order valence-corrected chi connectivity index (χ4v) is 2.80. The van der Waals surface area contributed by atoms with Crippen molar-refractivity contribution >= 4 is 17.5 Å². The second-order valence-electron chi connectivity index (χ2n) is 6.78. The molecule has 0 bridgehead atoms. The number of nitrogens with one attached hydrogen (secondary N) is 2. The zero-order valence-corrected chi connectivity index (χ0v) is 16.4. The van der Waals surface area contributed by atoms with E-state index in [-0.39, 0.29) is 36.2 Å². The van der Waals surface area contributed by atoms with Crippen LogP contribution < -0.4 is 10.6 Å². The maximum Gasteiger partial charge on any atom is 0.273 e. The van der Waals surface area contributed by atoms with Crippen LogP contribution in [0.5, 0.6) is 0 Å². The molecule has 0 aliphatic heterocycles. The van der Waals surface area contributed by atoms with Gasteiger partial charge in [-0.25, -0.2) is 4.39 Å². The standard InChI is InChI=1S/C20H23FN4O4/c1-13-7-8-15(10-17(13)25(28)29)20(27)23-12-19(26)22-11-18(24(2)3)14-5-4-6-16(21)9-14/h4-10,18H,11-12H2,1-3H3,(H,22,26)(H,23,27). The number of carbonyl (C=O) groups excluding carboxylic acids is 2. The molecule has 0 aromatic heterocycles. The number of rotatable bonds is 8. The van der Waals surface area contributed by atoms with Crippen LogP contribution in [-0.2, 0) is 4.79 Å². The molecular formula is C20H23FN4O4. The number of nitro groups is 1. The zero-order chi connectivity index (χ0) is 21.6. The maximum atomic E-state index is 13.5. The van der Waals surface area contributed by atoms with E-state index in [1.165, 1.54) is 30.3 Å². The van der Waals surface area contributed by atoms with Gasteiger partial charge in [-0.2, -0.15) is 0 Å². The molecule has 1 atom stereocenters. The van der Waals surface area contributed by atoms with Crippen molar-refractivity contribution < 1.29 is 18.9 Å². The largest absolute Gasteiger partial charge is 0.353 e. The highest BCUT2D eigenvalue weighted by molar-refractivity contribution is 5.97. The summed E-state index contributed by atoms with van der Waals surface area (Å²) in [5.41, 5.74) is 1.09. The molecule has 2 aromatic rings. The van der Waals surface area contributed by atoms with E-state index in [2.05, 4.69) is 10.6 Å². The number of nitro benzene ring substituents is 1. The van der Waals surface area contributed by atoms with Gasteiger partial charge >= 0.3 is 0 Å². The van der Waals surface area contributed by atoms with Crippen molar-refractivity contribution in [3.63, 3.8) is 0 Å². The molecule has 29 heavy (non-hydrogen) atoms. The third-order valence-electron chi connectivity index (χ3n) is 4.43. The SMILES string of the molecule is Cc1ccc(C(=O)NCC(=O)NCC(c2cccc(F)c2)N(C)C)cc1[N+](=O)[O-]. The number of likely N-dealkylation sites (N-methyl/N-ethyl adjacent to an activating group) is 1. The fourth-order valence-electron chi connectivity index (χ4n) is 2.80. The van der Waals surface area contributed by atoms with Gasteiger partial charge in [-0.05, 0) is 44.8 Å². The number of halogens is 1. The minimum Gasteiger partial charge on any atom is -0.353 e. The Hall–Kier alpha value is -3.33. The number of carbonyl (C=O) groups is 2. The minimum absolute atomic E-state index is 0.0982. The van der Waals surface area contributed by atoms with Crippen LogP contribution >= 0.6 is 0 Å². The van der Waals surface area contributed by atoms with Crippen molar-refractivity contribution in [2.75, 3.05) is 27.2 Å². The van der Waals surface area contributed by atoms with Gasteiger partial charge in [-0.15, -0.1) is 0 Å². The van der Waals surface area contributed by atoms with E-state index in [1.807, 2.05) is 19.0 Å². The maximum absolute atomic E-state index is 13.5. The molecule has 0 fully saturated rings. The van der Waals surface area contributed by atoms with Gasteiger partial charge in [0.15, 0.2) is 0 Å². The van der Waals surface area contributed by atoms with Crippen molar-refractivity contribution in [2.45, 2.75) is 13.0 Å². The summed E-state index contributed by atoms with van der Waals surface area (Å²) in [6.07, 6.45) is 0. The highest BCUT2D eigenvalue weighted by Gasteiger charge is 2.18. The number of nitrogens with zero attached hydrogens (tertiary/aromatic N) is 2. The van der Waals surface area contributed by atoms with E-state index in [4.69, 9.17) is 0 Å². The van der Waals surface area contributed by atoms with Crippen LogP contribution in [0.4, 0.5) is 10.1 Å². The smallest absolute Gasteiger partial charge is 0.273 e.